The first-order chi connectivity index (χ1) is 9.28. The van der Waals surface area contributed by atoms with Crippen LogP contribution < -0.4 is 5.32 Å². The van der Waals surface area contributed by atoms with Gasteiger partial charge in [0.2, 0.25) is 0 Å². The van der Waals surface area contributed by atoms with Gasteiger partial charge in [-0.15, -0.1) is 0 Å². The van der Waals surface area contributed by atoms with E-state index in [9.17, 15) is 0 Å². The predicted octanol–water partition coefficient (Wildman–Crippen LogP) is 2.83. The van der Waals surface area contributed by atoms with E-state index in [1.54, 1.807) is 0 Å². The van der Waals surface area contributed by atoms with Crippen molar-refractivity contribution in [1.82, 2.24) is 20.0 Å². The van der Waals surface area contributed by atoms with Crippen LogP contribution in [0.5, 0.6) is 0 Å². The van der Waals surface area contributed by atoms with Crippen molar-refractivity contribution in [3.8, 4) is 0 Å². The molecular formula is C15H27BrN4. The molecule has 2 rings (SSSR count). The highest BCUT2D eigenvalue weighted by atomic mass is 79.9. The van der Waals surface area contributed by atoms with E-state index in [1.807, 2.05) is 6.20 Å². The fourth-order valence-electron chi connectivity index (χ4n) is 3.19. The molecule has 0 aromatic carbocycles. The van der Waals surface area contributed by atoms with Crippen LogP contribution in [0.4, 0.5) is 0 Å². The molecule has 1 saturated heterocycles. The zero-order valence-corrected chi connectivity index (χ0v) is 14.9. The van der Waals surface area contributed by atoms with Crippen molar-refractivity contribution in [3.63, 3.8) is 0 Å². The molecule has 1 aromatic rings. The minimum atomic E-state index is 0.00858. The molecule has 1 aromatic heterocycles. The van der Waals surface area contributed by atoms with E-state index in [0.29, 0.717) is 0 Å². The molecule has 0 amide bonds. The van der Waals surface area contributed by atoms with E-state index in [1.165, 1.54) is 18.5 Å². The Morgan fingerprint density at radius 3 is 2.65 bits per heavy atom. The van der Waals surface area contributed by atoms with Crippen molar-refractivity contribution in [2.45, 2.75) is 45.7 Å². The fraction of sp³-hybridized carbons (Fsp3) is 0.800. The maximum absolute atomic E-state index is 4.59. The molecule has 5 heteroatoms. The minimum Gasteiger partial charge on any atom is -0.308 e. The van der Waals surface area contributed by atoms with Crippen LogP contribution in [-0.2, 0) is 12.1 Å². The molecule has 20 heavy (non-hydrogen) atoms. The number of rotatable bonds is 4. The summed E-state index contributed by atoms with van der Waals surface area (Å²) >= 11 is 3.72. The first kappa shape index (κ1) is 16.0. The Hall–Kier alpha value is -0.390. The highest BCUT2D eigenvalue weighted by Crippen LogP contribution is 2.47. The molecule has 0 aliphatic carbocycles. The van der Waals surface area contributed by atoms with Crippen LogP contribution in [-0.4, -0.2) is 41.9 Å². The van der Waals surface area contributed by atoms with Crippen molar-refractivity contribution >= 4 is 15.9 Å². The third kappa shape index (κ3) is 2.81. The van der Waals surface area contributed by atoms with Gasteiger partial charge < -0.3 is 10.2 Å². The van der Waals surface area contributed by atoms with Gasteiger partial charge >= 0.3 is 0 Å². The lowest BCUT2D eigenvalue weighted by atomic mass is 9.70. The average molecular weight is 343 g/mol. The standard InChI is InChI=1S/C15H27BrN4/c1-14(2,3)15(7-6-8-17-15)13-12(16)11-18-20(13)10-9-19(4)5/h11,17H,6-10H2,1-5H3. The molecular weight excluding hydrogens is 316 g/mol. The number of aromatic nitrogens is 2. The molecule has 1 atom stereocenters. The van der Waals surface area contributed by atoms with Gasteiger partial charge in [-0.25, -0.2) is 0 Å². The number of hydrogen-bond donors (Lipinski definition) is 1. The van der Waals surface area contributed by atoms with Crippen LogP contribution in [0.2, 0.25) is 0 Å². The Labute approximate surface area is 131 Å². The van der Waals surface area contributed by atoms with E-state index >= 15 is 0 Å². The molecule has 114 valence electrons. The van der Waals surface area contributed by atoms with Crippen LogP contribution in [0.15, 0.2) is 10.7 Å². The quantitative estimate of drug-likeness (QED) is 0.913. The predicted molar refractivity (Wildman–Crippen MR) is 86.9 cm³/mol. The van der Waals surface area contributed by atoms with Gasteiger partial charge in [0.15, 0.2) is 0 Å². The zero-order chi connectivity index (χ0) is 15.0. The van der Waals surface area contributed by atoms with Crippen LogP contribution in [0, 0.1) is 5.41 Å². The normalized spacial score (nSPS) is 23.8. The lowest BCUT2D eigenvalue weighted by Crippen LogP contribution is -2.49. The van der Waals surface area contributed by atoms with Crippen LogP contribution >= 0.6 is 15.9 Å². The van der Waals surface area contributed by atoms with Gasteiger partial charge in [-0.05, 0) is 54.8 Å². The SMILES string of the molecule is CN(C)CCn1ncc(Br)c1C1(C(C)(C)C)CCCN1. The van der Waals surface area contributed by atoms with Gasteiger partial charge in [0.05, 0.1) is 28.4 Å². The Balaban J connectivity index is 2.41. The van der Waals surface area contributed by atoms with Crippen molar-refractivity contribution in [1.29, 1.82) is 0 Å². The molecule has 1 fully saturated rings. The monoisotopic (exact) mass is 342 g/mol. The van der Waals surface area contributed by atoms with Gasteiger partial charge in [-0.1, -0.05) is 20.8 Å². The van der Waals surface area contributed by atoms with E-state index in [-0.39, 0.29) is 11.0 Å². The maximum Gasteiger partial charge on any atom is 0.0733 e. The van der Waals surface area contributed by atoms with E-state index < -0.39 is 0 Å². The molecule has 0 bridgehead atoms. The third-order valence-electron chi connectivity index (χ3n) is 4.39. The summed E-state index contributed by atoms with van der Waals surface area (Å²) in [6, 6.07) is 0. The zero-order valence-electron chi connectivity index (χ0n) is 13.3. The second kappa shape index (κ2) is 5.78. The topological polar surface area (TPSA) is 33.1 Å². The van der Waals surface area contributed by atoms with Gasteiger partial charge in [-0.2, -0.15) is 5.10 Å². The largest absolute Gasteiger partial charge is 0.308 e. The summed E-state index contributed by atoms with van der Waals surface area (Å²) in [7, 11) is 4.21. The van der Waals surface area contributed by atoms with Gasteiger partial charge in [0.25, 0.3) is 0 Å². The molecule has 0 radical (unpaired) electrons. The second-order valence-corrected chi connectivity index (χ2v) is 7.91. The number of likely N-dealkylation sites (N-methyl/N-ethyl adjacent to an activating group) is 1. The lowest BCUT2D eigenvalue weighted by Gasteiger charge is -2.43. The number of hydrogen-bond acceptors (Lipinski definition) is 3. The fourth-order valence-corrected chi connectivity index (χ4v) is 3.83. The average Bonchev–Trinajstić information content (AvgIpc) is 2.92. The third-order valence-corrected chi connectivity index (χ3v) is 4.97. The Bertz CT molecular complexity index is 453. The Morgan fingerprint density at radius 2 is 2.15 bits per heavy atom. The van der Waals surface area contributed by atoms with Crippen molar-refractivity contribution < 1.29 is 0 Å². The highest BCUT2D eigenvalue weighted by Gasteiger charge is 2.48. The van der Waals surface area contributed by atoms with E-state index in [0.717, 1.165) is 24.1 Å². The number of nitrogens with zero attached hydrogens (tertiary/aromatic N) is 3. The van der Waals surface area contributed by atoms with E-state index in [4.69, 9.17) is 0 Å². The molecule has 0 spiro atoms. The van der Waals surface area contributed by atoms with Gasteiger partial charge in [-0.3, -0.25) is 4.68 Å². The minimum absolute atomic E-state index is 0.00858. The van der Waals surface area contributed by atoms with E-state index in [2.05, 4.69) is 70.8 Å². The molecule has 1 N–H and O–H groups in total. The maximum atomic E-state index is 4.59. The molecule has 0 saturated carbocycles. The highest BCUT2D eigenvalue weighted by molar-refractivity contribution is 9.10. The Morgan fingerprint density at radius 1 is 1.45 bits per heavy atom. The lowest BCUT2D eigenvalue weighted by molar-refractivity contribution is 0.146. The van der Waals surface area contributed by atoms with Crippen molar-refractivity contribution in [3.05, 3.63) is 16.4 Å². The van der Waals surface area contributed by atoms with Crippen molar-refractivity contribution in [2.75, 3.05) is 27.2 Å². The van der Waals surface area contributed by atoms with Gasteiger partial charge in [0.1, 0.15) is 0 Å². The second-order valence-electron chi connectivity index (χ2n) is 7.05. The smallest absolute Gasteiger partial charge is 0.0733 e. The number of halogens is 1. The van der Waals surface area contributed by atoms with Gasteiger partial charge in [0, 0.05) is 6.54 Å². The molecule has 1 aliphatic rings. The summed E-state index contributed by atoms with van der Waals surface area (Å²) in [6.45, 7) is 9.97. The molecule has 1 aliphatic heterocycles. The molecule has 1 unspecified atom stereocenters. The summed E-state index contributed by atoms with van der Waals surface area (Å²) in [6.07, 6.45) is 4.34. The first-order valence-electron chi connectivity index (χ1n) is 7.39. The van der Waals surface area contributed by atoms with Crippen LogP contribution in [0.25, 0.3) is 0 Å². The summed E-state index contributed by atoms with van der Waals surface area (Å²) in [5.74, 6) is 0. The Kier molecular flexibility index (Phi) is 4.62. The summed E-state index contributed by atoms with van der Waals surface area (Å²) in [5, 5.41) is 8.37. The van der Waals surface area contributed by atoms with Crippen molar-refractivity contribution in [2.24, 2.45) is 5.41 Å². The summed E-state index contributed by atoms with van der Waals surface area (Å²) < 4.78 is 3.30. The summed E-state index contributed by atoms with van der Waals surface area (Å²) in [4.78, 5) is 2.20. The van der Waals surface area contributed by atoms with Crippen LogP contribution in [0.3, 0.4) is 0 Å². The first-order valence-corrected chi connectivity index (χ1v) is 8.19. The summed E-state index contributed by atoms with van der Waals surface area (Å²) in [5.41, 5.74) is 1.47. The number of nitrogens with one attached hydrogen (secondary N) is 1. The van der Waals surface area contributed by atoms with Crippen LogP contribution in [0.1, 0.15) is 39.3 Å². The molecule has 4 nitrogen and oxygen atoms in total. The molecule has 2 heterocycles.